The highest BCUT2D eigenvalue weighted by Crippen LogP contribution is 2.21. The molecule has 3 amide bonds. The Morgan fingerprint density at radius 2 is 2.04 bits per heavy atom. The number of aromatic amines is 1. The number of hydrogen-bond donors (Lipinski definition) is 3. The molecule has 3 N–H and O–H groups in total. The Bertz CT molecular complexity index is 760. The predicted octanol–water partition coefficient (Wildman–Crippen LogP) is -0.252. The van der Waals surface area contributed by atoms with E-state index in [1.807, 2.05) is 13.8 Å². The van der Waals surface area contributed by atoms with Gasteiger partial charge in [0.2, 0.25) is 11.8 Å². The van der Waals surface area contributed by atoms with Gasteiger partial charge in [-0.1, -0.05) is 20.3 Å². The Morgan fingerprint density at radius 1 is 1.32 bits per heavy atom. The Hall–Kier alpha value is -2.91. The first-order chi connectivity index (χ1) is 13.3. The van der Waals surface area contributed by atoms with Crippen LogP contribution in [0.15, 0.2) is 0 Å². The average Bonchev–Trinajstić information content (AvgIpc) is 3.12. The highest BCUT2D eigenvalue weighted by molar-refractivity contribution is 5.96. The molecule has 1 aliphatic heterocycles. The minimum Gasteiger partial charge on any atom is -0.467 e. The van der Waals surface area contributed by atoms with Crippen LogP contribution in [0.5, 0.6) is 0 Å². The lowest BCUT2D eigenvalue weighted by Gasteiger charge is -2.27. The van der Waals surface area contributed by atoms with Crippen LogP contribution < -0.4 is 10.6 Å². The third-order valence-electron chi connectivity index (χ3n) is 4.94. The molecule has 1 aromatic rings. The quantitative estimate of drug-likeness (QED) is 0.547. The maximum absolute atomic E-state index is 12.7. The molecule has 1 aliphatic rings. The number of aromatic nitrogens is 2. The second kappa shape index (κ2) is 9.34. The molecule has 0 saturated carbocycles. The van der Waals surface area contributed by atoms with Crippen LogP contribution >= 0.6 is 0 Å². The molecule has 154 valence electrons. The van der Waals surface area contributed by atoms with Crippen molar-refractivity contribution < 1.29 is 23.9 Å². The molecule has 0 aromatic carbocycles. The van der Waals surface area contributed by atoms with E-state index < -0.39 is 17.9 Å². The minimum atomic E-state index is -0.755. The van der Waals surface area contributed by atoms with Crippen molar-refractivity contribution in [2.45, 2.75) is 46.2 Å². The van der Waals surface area contributed by atoms with Crippen molar-refractivity contribution >= 4 is 23.7 Å². The van der Waals surface area contributed by atoms with Gasteiger partial charge in [-0.2, -0.15) is 5.10 Å². The molecule has 2 heterocycles. The molecule has 1 aromatic heterocycles. The van der Waals surface area contributed by atoms with E-state index in [0.717, 1.165) is 5.56 Å². The SMILES string of the molecule is CC[C@H](C)[C@H](NC(=O)c1n[nH]c2c1CCN(C(=O)CNC(C)=O)C2)C(=O)OC. The van der Waals surface area contributed by atoms with Gasteiger partial charge in [-0.05, 0) is 12.3 Å². The summed E-state index contributed by atoms with van der Waals surface area (Å²) in [5, 5.41) is 12.1. The Kier molecular flexibility index (Phi) is 7.13. The molecule has 10 heteroatoms. The van der Waals surface area contributed by atoms with Crippen molar-refractivity contribution in [3.63, 3.8) is 0 Å². The number of esters is 1. The molecule has 28 heavy (non-hydrogen) atoms. The molecule has 0 saturated heterocycles. The third kappa shape index (κ3) is 4.87. The van der Waals surface area contributed by atoms with Crippen LogP contribution in [0, 0.1) is 5.92 Å². The maximum atomic E-state index is 12.7. The first-order valence-corrected chi connectivity index (χ1v) is 9.25. The zero-order valence-corrected chi connectivity index (χ0v) is 16.6. The number of H-pyrrole nitrogens is 1. The second-order valence-electron chi connectivity index (χ2n) is 6.86. The number of hydrogen-bond acceptors (Lipinski definition) is 6. The number of methoxy groups -OCH3 is 1. The molecular formula is C18H27N5O5. The molecule has 0 radical (unpaired) electrons. The van der Waals surface area contributed by atoms with Gasteiger partial charge in [0.25, 0.3) is 5.91 Å². The summed E-state index contributed by atoms with van der Waals surface area (Å²) in [7, 11) is 1.28. The number of rotatable bonds is 7. The largest absolute Gasteiger partial charge is 0.467 e. The molecule has 0 bridgehead atoms. The zero-order valence-electron chi connectivity index (χ0n) is 16.6. The van der Waals surface area contributed by atoms with Crippen LogP contribution in [0.4, 0.5) is 0 Å². The highest BCUT2D eigenvalue weighted by Gasteiger charge is 2.31. The predicted molar refractivity (Wildman–Crippen MR) is 99.1 cm³/mol. The van der Waals surface area contributed by atoms with Crippen LogP contribution in [-0.2, 0) is 32.1 Å². The average molecular weight is 393 g/mol. The fourth-order valence-corrected chi connectivity index (χ4v) is 3.04. The topological polar surface area (TPSA) is 133 Å². The first-order valence-electron chi connectivity index (χ1n) is 9.25. The number of carbonyl (C=O) groups excluding carboxylic acids is 4. The fourth-order valence-electron chi connectivity index (χ4n) is 3.04. The van der Waals surface area contributed by atoms with E-state index in [0.29, 0.717) is 25.1 Å². The van der Waals surface area contributed by atoms with Gasteiger partial charge in [-0.15, -0.1) is 0 Å². The Balaban J connectivity index is 2.08. The van der Waals surface area contributed by atoms with Gasteiger partial charge in [0.05, 0.1) is 25.9 Å². The molecule has 2 rings (SSSR count). The molecule has 2 atom stereocenters. The lowest BCUT2D eigenvalue weighted by molar-refractivity contribution is -0.144. The van der Waals surface area contributed by atoms with E-state index in [1.165, 1.54) is 14.0 Å². The summed E-state index contributed by atoms with van der Waals surface area (Å²) in [6.07, 6.45) is 1.15. The Labute approximate surface area is 163 Å². The fraction of sp³-hybridized carbons (Fsp3) is 0.611. The first kappa shape index (κ1) is 21.4. The summed E-state index contributed by atoms with van der Waals surface area (Å²) in [4.78, 5) is 49.4. The van der Waals surface area contributed by atoms with Gasteiger partial charge >= 0.3 is 5.97 Å². The number of amides is 3. The number of fused-ring (bicyclic) bond motifs is 1. The van der Waals surface area contributed by atoms with E-state index in [4.69, 9.17) is 4.74 Å². The van der Waals surface area contributed by atoms with Crippen molar-refractivity contribution in [3.05, 3.63) is 17.0 Å². The molecule has 0 fully saturated rings. The Morgan fingerprint density at radius 3 is 2.64 bits per heavy atom. The van der Waals surface area contributed by atoms with Crippen molar-refractivity contribution in [2.75, 3.05) is 20.2 Å². The molecule has 0 aliphatic carbocycles. The maximum Gasteiger partial charge on any atom is 0.328 e. The van der Waals surface area contributed by atoms with Crippen molar-refractivity contribution in [1.82, 2.24) is 25.7 Å². The van der Waals surface area contributed by atoms with E-state index in [2.05, 4.69) is 20.8 Å². The summed E-state index contributed by atoms with van der Waals surface area (Å²) >= 11 is 0. The van der Waals surface area contributed by atoms with Gasteiger partial charge in [0, 0.05) is 19.0 Å². The van der Waals surface area contributed by atoms with E-state index in [1.54, 1.807) is 4.90 Å². The van der Waals surface area contributed by atoms with E-state index in [-0.39, 0.29) is 36.5 Å². The van der Waals surface area contributed by atoms with Crippen molar-refractivity contribution in [3.8, 4) is 0 Å². The molecule has 0 spiro atoms. The monoisotopic (exact) mass is 393 g/mol. The van der Waals surface area contributed by atoms with Crippen LogP contribution in [0.3, 0.4) is 0 Å². The summed E-state index contributed by atoms with van der Waals surface area (Å²) in [5.74, 6) is -1.52. The summed E-state index contributed by atoms with van der Waals surface area (Å²) in [6, 6.07) is -0.755. The summed E-state index contributed by atoms with van der Waals surface area (Å²) in [6.45, 7) is 5.76. The molecular weight excluding hydrogens is 366 g/mol. The third-order valence-corrected chi connectivity index (χ3v) is 4.94. The van der Waals surface area contributed by atoms with Crippen LogP contribution in [-0.4, -0.2) is 65.0 Å². The highest BCUT2D eigenvalue weighted by atomic mass is 16.5. The van der Waals surface area contributed by atoms with Gasteiger partial charge in [-0.3, -0.25) is 19.5 Å². The molecule has 0 unspecified atom stereocenters. The van der Waals surface area contributed by atoms with E-state index in [9.17, 15) is 19.2 Å². The molecule has 10 nitrogen and oxygen atoms in total. The van der Waals surface area contributed by atoms with Crippen LogP contribution in [0.25, 0.3) is 0 Å². The lowest BCUT2D eigenvalue weighted by Crippen LogP contribution is -2.46. The lowest BCUT2D eigenvalue weighted by atomic mass is 9.98. The van der Waals surface area contributed by atoms with Crippen LogP contribution in [0.1, 0.15) is 48.9 Å². The zero-order chi connectivity index (χ0) is 20.8. The number of nitrogens with zero attached hydrogens (tertiary/aromatic N) is 2. The standard InChI is InChI=1S/C18H27N5O5/c1-5-10(2)15(18(27)28-4)20-17(26)16-12-6-7-23(9-13(12)21-22-16)14(25)8-19-11(3)24/h10,15H,5-9H2,1-4H3,(H,19,24)(H,20,26)(H,21,22)/t10-,15-/m0/s1. The van der Waals surface area contributed by atoms with Gasteiger partial charge < -0.3 is 20.3 Å². The minimum absolute atomic E-state index is 0.0676. The number of carbonyl (C=O) groups is 4. The van der Waals surface area contributed by atoms with Crippen LogP contribution in [0.2, 0.25) is 0 Å². The summed E-state index contributed by atoms with van der Waals surface area (Å²) in [5.41, 5.74) is 1.63. The van der Waals surface area contributed by atoms with Crippen molar-refractivity contribution in [2.24, 2.45) is 5.92 Å². The van der Waals surface area contributed by atoms with Gasteiger partial charge in [-0.25, -0.2) is 4.79 Å². The van der Waals surface area contributed by atoms with Gasteiger partial charge in [0.1, 0.15) is 6.04 Å². The number of ether oxygens (including phenoxy) is 1. The normalized spacial score (nSPS) is 15.2. The second-order valence-corrected chi connectivity index (χ2v) is 6.86. The van der Waals surface area contributed by atoms with E-state index >= 15 is 0 Å². The van der Waals surface area contributed by atoms with Crippen molar-refractivity contribution in [1.29, 1.82) is 0 Å². The number of nitrogens with one attached hydrogen (secondary N) is 3. The summed E-state index contributed by atoms with van der Waals surface area (Å²) < 4.78 is 4.79. The smallest absolute Gasteiger partial charge is 0.328 e. The van der Waals surface area contributed by atoms with Gasteiger partial charge in [0.15, 0.2) is 5.69 Å².